The van der Waals surface area contributed by atoms with E-state index in [4.69, 9.17) is 6.42 Å². The van der Waals surface area contributed by atoms with Crippen LogP contribution in [0.5, 0.6) is 0 Å². The van der Waals surface area contributed by atoms with Crippen LogP contribution in [0.15, 0.2) is 47.0 Å². The van der Waals surface area contributed by atoms with Crippen molar-refractivity contribution in [2.75, 3.05) is 0 Å². The van der Waals surface area contributed by atoms with E-state index >= 15 is 0 Å². The second-order valence-electron chi connectivity index (χ2n) is 6.58. The first-order chi connectivity index (χ1) is 11.3. The van der Waals surface area contributed by atoms with Gasteiger partial charge in [0.1, 0.15) is 0 Å². The number of nitrogens with zero attached hydrogens (tertiary/aromatic N) is 1. The molecule has 24 heavy (non-hydrogen) atoms. The Kier molecular flexibility index (Phi) is 7.46. The van der Waals surface area contributed by atoms with Crippen molar-refractivity contribution in [2.24, 2.45) is 10.9 Å². The molecule has 0 aliphatic rings. The predicted molar refractivity (Wildman–Crippen MR) is 109 cm³/mol. The molecule has 0 aromatic heterocycles. The molecule has 0 radical (unpaired) electrons. The van der Waals surface area contributed by atoms with E-state index in [0.717, 1.165) is 23.2 Å². The number of rotatable bonds is 6. The van der Waals surface area contributed by atoms with Gasteiger partial charge in [-0.05, 0) is 87.4 Å². The molecular weight excluding hydrogens is 290 g/mol. The van der Waals surface area contributed by atoms with E-state index in [-0.39, 0.29) is 0 Å². The van der Waals surface area contributed by atoms with E-state index < -0.39 is 0 Å². The Morgan fingerprint density at radius 3 is 2.46 bits per heavy atom. The van der Waals surface area contributed by atoms with Gasteiger partial charge in [0.2, 0.25) is 0 Å². The molecule has 1 heteroatoms. The van der Waals surface area contributed by atoms with Gasteiger partial charge in [-0.2, -0.15) is 0 Å². The van der Waals surface area contributed by atoms with Crippen LogP contribution in [0.2, 0.25) is 0 Å². The first-order valence-corrected chi connectivity index (χ1v) is 8.39. The molecule has 0 bridgehead atoms. The Morgan fingerprint density at radius 2 is 1.92 bits per heavy atom. The van der Waals surface area contributed by atoms with Gasteiger partial charge >= 0.3 is 0 Å². The summed E-state index contributed by atoms with van der Waals surface area (Å²) in [6.45, 7) is 16.9. The molecule has 1 nitrogen and oxygen atoms in total. The molecule has 0 spiro atoms. The normalized spacial score (nSPS) is 12.8. The maximum absolute atomic E-state index is 5.49. The van der Waals surface area contributed by atoms with Gasteiger partial charge in [0, 0.05) is 11.8 Å². The Morgan fingerprint density at radius 1 is 1.29 bits per heavy atom. The molecule has 1 aromatic rings. The third kappa shape index (κ3) is 5.39. The second-order valence-corrected chi connectivity index (χ2v) is 6.58. The molecule has 0 amide bonds. The highest BCUT2D eigenvalue weighted by atomic mass is 14.7. The maximum atomic E-state index is 5.49. The summed E-state index contributed by atoms with van der Waals surface area (Å²) in [5, 5.41) is 0. The van der Waals surface area contributed by atoms with Crippen LogP contribution in [0.4, 0.5) is 5.69 Å². The quantitative estimate of drug-likeness (QED) is 0.318. The summed E-state index contributed by atoms with van der Waals surface area (Å²) >= 11 is 0. The van der Waals surface area contributed by atoms with Crippen molar-refractivity contribution < 1.29 is 0 Å². The number of terminal acetylenes is 1. The van der Waals surface area contributed by atoms with Crippen LogP contribution in [0, 0.1) is 32.1 Å². The molecule has 0 saturated carbocycles. The maximum Gasteiger partial charge on any atom is 0.0703 e. The van der Waals surface area contributed by atoms with E-state index in [0.29, 0.717) is 5.92 Å². The monoisotopic (exact) mass is 319 g/mol. The van der Waals surface area contributed by atoms with Crippen molar-refractivity contribution in [3.8, 4) is 12.3 Å². The van der Waals surface area contributed by atoms with Gasteiger partial charge in [-0.1, -0.05) is 31.1 Å². The van der Waals surface area contributed by atoms with Crippen LogP contribution >= 0.6 is 0 Å². The Balaban J connectivity index is 3.16. The largest absolute Gasteiger partial charge is 0.261 e. The van der Waals surface area contributed by atoms with Crippen LogP contribution in [-0.4, -0.2) is 6.21 Å². The highest BCUT2D eigenvalue weighted by molar-refractivity contribution is 5.77. The number of allylic oxidation sites excluding steroid dienone is 5. The minimum absolute atomic E-state index is 0.309. The third-order valence-electron chi connectivity index (χ3n) is 4.09. The molecule has 0 saturated heterocycles. The van der Waals surface area contributed by atoms with E-state index in [1.807, 2.05) is 19.2 Å². The highest BCUT2D eigenvalue weighted by Crippen LogP contribution is 2.34. The number of aryl methyl sites for hydroxylation is 2. The molecule has 1 atom stereocenters. The summed E-state index contributed by atoms with van der Waals surface area (Å²) in [5.74, 6) is 2.96. The van der Waals surface area contributed by atoms with E-state index in [9.17, 15) is 0 Å². The van der Waals surface area contributed by atoms with Gasteiger partial charge in [-0.15, -0.1) is 6.42 Å². The lowest BCUT2D eigenvalue weighted by Crippen LogP contribution is -2.00. The van der Waals surface area contributed by atoms with Crippen molar-refractivity contribution in [1.29, 1.82) is 0 Å². The summed E-state index contributed by atoms with van der Waals surface area (Å²) in [6.07, 6.45) is 12.2. The molecule has 0 heterocycles. The molecule has 0 fully saturated rings. The fraction of sp³-hybridized carbons (Fsp3) is 0.348. The lowest BCUT2D eigenvalue weighted by atomic mass is 9.88. The minimum Gasteiger partial charge on any atom is -0.261 e. The van der Waals surface area contributed by atoms with Crippen LogP contribution in [-0.2, 0) is 0 Å². The Labute approximate surface area is 147 Å². The molecule has 0 aliphatic heterocycles. The van der Waals surface area contributed by atoms with Crippen molar-refractivity contribution >= 4 is 17.5 Å². The fourth-order valence-corrected chi connectivity index (χ4v) is 2.68. The minimum atomic E-state index is 0.309. The molecular formula is C23H29N. The van der Waals surface area contributed by atoms with E-state index in [2.05, 4.69) is 70.3 Å². The van der Waals surface area contributed by atoms with Crippen molar-refractivity contribution in [1.82, 2.24) is 0 Å². The van der Waals surface area contributed by atoms with Crippen LogP contribution in [0.25, 0.3) is 5.57 Å². The van der Waals surface area contributed by atoms with Gasteiger partial charge in [0.25, 0.3) is 0 Å². The smallest absolute Gasteiger partial charge is 0.0703 e. The van der Waals surface area contributed by atoms with Crippen LogP contribution in [0.3, 0.4) is 0 Å². The van der Waals surface area contributed by atoms with Crippen molar-refractivity contribution in [3.63, 3.8) is 0 Å². The summed E-state index contributed by atoms with van der Waals surface area (Å²) in [5.41, 5.74) is 8.13. The van der Waals surface area contributed by atoms with Gasteiger partial charge < -0.3 is 0 Å². The molecule has 1 rings (SSSR count). The van der Waals surface area contributed by atoms with Crippen molar-refractivity contribution in [3.05, 3.63) is 58.7 Å². The predicted octanol–water partition coefficient (Wildman–Crippen LogP) is 6.59. The summed E-state index contributed by atoms with van der Waals surface area (Å²) < 4.78 is 0. The number of hydrogen-bond acceptors (Lipinski definition) is 1. The van der Waals surface area contributed by atoms with Gasteiger partial charge in [0.05, 0.1) is 5.69 Å². The average Bonchev–Trinajstić information content (AvgIpc) is 2.49. The topological polar surface area (TPSA) is 12.4 Å². The van der Waals surface area contributed by atoms with Gasteiger partial charge in [-0.25, -0.2) is 0 Å². The lowest BCUT2D eigenvalue weighted by molar-refractivity contribution is 0.722. The van der Waals surface area contributed by atoms with Crippen molar-refractivity contribution in [2.45, 2.75) is 48.0 Å². The Hall–Kier alpha value is -2.33. The van der Waals surface area contributed by atoms with Crippen LogP contribution in [0.1, 0.15) is 50.8 Å². The summed E-state index contributed by atoms with van der Waals surface area (Å²) in [7, 11) is 0. The van der Waals surface area contributed by atoms with Crippen LogP contribution < -0.4 is 0 Å². The summed E-state index contributed by atoms with van der Waals surface area (Å²) in [6, 6.07) is 4.33. The zero-order valence-electron chi connectivity index (χ0n) is 15.9. The molecule has 1 unspecified atom stereocenters. The number of benzene rings is 1. The molecule has 0 N–H and O–H groups in total. The Bertz CT molecular complexity index is 732. The van der Waals surface area contributed by atoms with E-state index in [1.54, 1.807) is 0 Å². The zero-order chi connectivity index (χ0) is 18.3. The van der Waals surface area contributed by atoms with Gasteiger partial charge in [0.15, 0.2) is 0 Å². The standard InChI is InChI=1S/C23H29N/c1-9-11-21(12-16(3)4)19(7)13-20(8)22-14-17(5)18(6)15-23(22)24-10-2/h1,10-12,14-15,19H,8,13H2,2-7H3/b21-11+,24-10-. The summed E-state index contributed by atoms with van der Waals surface area (Å²) in [4.78, 5) is 4.52. The zero-order valence-corrected chi connectivity index (χ0v) is 15.9. The number of aliphatic imine (C=N–C) groups is 1. The molecule has 0 aliphatic carbocycles. The fourth-order valence-electron chi connectivity index (χ4n) is 2.68. The SMILES string of the molecule is C#C/C=C(\C=C(C)C)C(C)CC(=C)c1cc(C)c(C)cc1/N=C\C. The lowest BCUT2D eigenvalue weighted by Gasteiger charge is -2.17. The number of hydrogen-bond donors (Lipinski definition) is 0. The second kappa shape index (κ2) is 9.08. The van der Waals surface area contributed by atoms with Gasteiger partial charge in [-0.3, -0.25) is 4.99 Å². The third-order valence-corrected chi connectivity index (χ3v) is 4.09. The molecule has 1 aromatic carbocycles. The first-order valence-electron chi connectivity index (χ1n) is 8.39. The highest BCUT2D eigenvalue weighted by Gasteiger charge is 2.13. The average molecular weight is 319 g/mol. The first kappa shape index (κ1) is 19.7. The molecule has 126 valence electrons. The van der Waals surface area contributed by atoms with E-state index in [1.165, 1.54) is 22.3 Å².